The molecule has 1 saturated heterocycles. The summed E-state index contributed by atoms with van der Waals surface area (Å²) in [6.07, 6.45) is 8.78. The van der Waals surface area contributed by atoms with Gasteiger partial charge in [-0.25, -0.2) is 0 Å². The normalized spacial score (nSPS) is 18.6. The summed E-state index contributed by atoms with van der Waals surface area (Å²) in [5.41, 5.74) is 7.29. The van der Waals surface area contributed by atoms with Crippen LogP contribution in [0.1, 0.15) is 48.1 Å². The molecule has 3 aromatic rings. The summed E-state index contributed by atoms with van der Waals surface area (Å²) in [4.78, 5) is 3.98. The largest absolute Gasteiger partial charge is 0.492 e. The molecule has 152 valence electrons. The highest BCUT2D eigenvalue weighted by Gasteiger charge is 2.31. The molecule has 0 spiro atoms. The summed E-state index contributed by atoms with van der Waals surface area (Å²) < 4.78 is 7.45. The lowest BCUT2D eigenvalue weighted by atomic mass is 9.91. The van der Waals surface area contributed by atoms with Crippen molar-refractivity contribution in [1.82, 2.24) is 4.90 Å². The molecule has 0 atom stereocenters. The lowest BCUT2D eigenvalue weighted by Gasteiger charge is -2.16. The molecule has 0 amide bonds. The van der Waals surface area contributed by atoms with E-state index in [0.29, 0.717) is 0 Å². The van der Waals surface area contributed by atoms with E-state index in [1.807, 2.05) is 11.3 Å². The summed E-state index contributed by atoms with van der Waals surface area (Å²) in [5, 5.41) is 1.40. The fraction of sp³-hybridized carbons (Fsp3) is 0.333. The van der Waals surface area contributed by atoms with Crippen LogP contribution in [0.15, 0.2) is 60.2 Å². The first-order valence-electron chi connectivity index (χ1n) is 11.3. The van der Waals surface area contributed by atoms with Crippen LogP contribution in [-0.4, -0.2) is 31.1 Å². The van der Waals surface area contributed by atoms with Crippen LogP contribution in [0.5, 0.6) is 5.75 Å². The van der Waals surface area contributed by atoms with Crippen molar-refractivity contribution in [3.05, 3.63) is 76.2 Å². The number of benzene rings is 2. The van der Waals surface area contributed by atoms with Gasteiger partial charge in [0.05, 0.1) is 0 Å². The van der Waals surface area contributed by atoms with Crippen molar-refractivity contribution in [2.75, 3.05) is 26.2 Å². The number of hydrogen-bond donors (Lipinski definition) is 0. The molecule has 2 heterocycles. The van der Waals surface area contributed by atoms with E-state index in [-0.39, 0.29) is 0 Å². The highest BCUT2D eigenvalue weighted by molar-refractivity contribution is 7.20. The minimum absolute atomic E-state index is 0.777. The lowest BCUT2D eigenvalue weighted by molar-refractivity contribution is 0.238. The SMILES string of the molecule is C1=C2C(=C(c3ccc(OCCN4CCCC4)cc3)c3c2sc2ccccc32)CCC1. The van der Waals surface area contributed by atoms with Crippen LogP contribution in [-0.2, 0) is 0 Å². The maximum absolute atomic E-state index is 6.05. The van der Waals surface area contributed by atoms with Crippen molar-refractivity contribution in [2.24, 2.45) is 0 Å². The van der Waals surface area contributed by atoms with Crippen LogP contribution in [0.25, 0.3) is 21.2 Å². The number of allylic oxidation sites excluding steroid dienone is 3. The minimum atomic E-state index is 0.777. The lowest BCUT2D eigenvalue weighted by Crippen LogP contribution is -2.25. The Hall–Kier alpha value is -2.36. The van der Waals surface area contributed by atoms with Crippen molar-refractivity contribution < 1.29 is 4.74 Å². The first-order valence-corrected chi connectivity index (χ1v) is 12.1. The fourth-order valence-corrected chi connectivity index (χ4v) is 6.52. The topological polar surface area (TPSA) is 12.5 Å². The average Bonchev–Trinajstić information content (AvgIpc) is 3.50. The van der Waals surface area contributed by atoms with Gasteiger partial charge in [-0.3, -0.25) is 4.90 Å². The number of ether oxygens (including phenoxy) is 1. The van der Waals surface area contributed by atoms with Crippen LogP contribution in [0, 0.1) is 0 Å². The minimum Gasteiger partial charge on any atom is -0.492 e. The molecule has 3 aliphatic rings. The third kappa shape index (κ3) is 3.12. The zero-order chi connectivity index (χ0) is 19.9. The molecule has 6 rings (SSSR count). The predicted molar refractivity (Wildman–Crippen MR) is 127 cm³/mol. The molecular weight excluding hydrogens is 386 g/mol. The quantitative estimate of drug-likeness (QED) is 0.458. The molecule has 2 aromatic carbocycles. The molecule has 0 N–H and O–H groups in total. The molecule has 0 bridgehead atoms. The molecule has 1 aromatic heterocycles. The molecule has 1 aliphatic heterocycles. The van der Waals surface area contributed by atoms with Gasteiger partial charge in [0, 0.05) is 27.1 Å². The first kappa shape index (κ1) is 18.4. The van der Waals surface area contributed by atoms with E-state index in [2.05, 4.69) is 59.5 Å². The zero-order valence-corrected chi connectivity index (χ0v) is 18.1. The Morgan fingerprint density at radius 3 is 2.63 bits per heavy atom. The molecule has 3 heteroatoms. The molecule has 0 saturated carbocycles. The van der Waals surface area contributed by atoms with Gasteiger partial charge in [-0.05, 0) is 85.7 Å². The summed E-state index contributed by atoms with van der Waals surface area (Å²) in [6, 6.07) is 17.7. The van der Waals surface area contributed by atoms with E-state index in [0.717, 1.165) is 18.9 Å². The van der Waals surface area contributed by atoms with E-state index >= 15 is 0 Å². The van der Waals surface area contributed by atoms with Crippen LogP contribution in [0.4, 0.5) is 0 Å². The van der Waals surface area contributed by atoms with Crippen molar-refractivity contribution >= 4 is 32.6 Å². The number of thiophene rings is 1. The van der Waals surface area contributed by atoms with E-state index < -0.39 is 0 Å². The maximum atomic E-state index is 6.05. The monoisotopic (exact) mass is 413 g/mol. The van der Waals surface area contributed by atoms with Gasteiger partial charge >= 0.3 is 0 Å². The number of rotatable bonds is 5. The third-order valence-electron chi connectivity index (χ3n) is 6.71. The van der Waals surface area contributed by atoms with Gasteiger partial charge in [-0.15, -0.1) is 11.3 Å². The molecular formula is C27H27NOS. The van der Waals surface area contributed by atoms with Gasteiger partial charge in [-0.2, -0.15) is 0 Å². The van der Waals surface area contributed by atoms with Gasteiger partial charge in [0.2, 0.25) is 0 Å². The second-order valence-corrected chi connectivity index (χ2v) is 9.64. The van der Waals surface area contributed by atoms with E-state index in [1.165, 1.54) is 82.4 Å². The molecule has 1 fully saturated rings. The van der Waals surface area contributed by atoms with Crippen molar-refractivity contribution in [2.45, 2.75) is 32.1 Å². The van der Waals surface area contributed by atoms with Crippen molar-refractivity contribution in [3.63, 3.8) is 0 Å². The van der Waals surface area contributed by atoms with Gasteiger partial charge in [0.25, 0.3) is 0 Å². The molecule has 0 unspecified atom stereocenters. The van der Waals surface area contributed by atoms with Gasteiger partial charge < -0.3 is 4.74 Å². The number of nitrogens with zero attached hydrogens (tertiary/aromatic N) is 1. The Labute approximate surface area is 182 Å². The Morgan fingerprint density at radius 1 is 0.933 bits per heavy atom. The highest BCUT2D eigenvalue weighted by Crippen LogP contribution is 2.54. The molecule has 2 nitrogen and oxygen atoms in total. The first-order chi connectivity index (χ1) is 14.9. The summed E-state index contributed by atoms with van der Waals surface area (Å²) in [6.45, 7) is 4.27. The van der Waals surface area contributed by atoms with Gasteiger partial charge in [0.15, 0.2) is 0 Å². The van der Waals surface area contributed by atoms with Gasteiger partial charge in [0.1, 0.15) is 12.4 Å². The van der Waals surface area contributed by atoms with Crippen molar-refractivity contribution in [3.8, 4) is 5.75 Å². The van der Waals surface area contributed by atoms with Crippen LogP contribution in [0.2, 0.25) is 0 Å². The van der Waals surface area contributed by atoms with Crippen LogP contribution >= 0.6 is 11.3 Å². The number of likely N-dealkylation sites (tertiary alicyclic amines) is 1. The predicted octanol–water partition coefficient (Wildman–Crippen LogP) is 6.76. The summed E-state index contributed by atoms with van der Waals surface area (Å²) in [5.74, 6) is 0.983. The summed E-state index contributed by atoms with van der Waals surface area (Å²) in [7, 11) is 0. The van der Waals surface area contributed by atoms with E-state index in [1.54, 1.807) is 5.57 Å². The summed E-state index contributed by atoms with van der Waals surface area (Å²) >= 11 is 1.96. The smallest absolute Gasteiger partial charge is 0.119 e. The van der Waals surface area contributed by atoms with Gasteiger partial charge in [-0.1, -0.05) is 36.4 Å². The molecule has 30 heavy (non-hydrogen) atoms. The molecule has 0 radical (unpaired) electrons. The number of hydrogen-bond acceptors (Lipinski definition) is 3. The Kier molecular flexibility index (Phi) is 4.74. The highest BCUT2D eigenvalue weighted by atomic mass is 32.1. The Balaban J connectivity index is 1.32. The van der Waals surface area contributed by atoms with E-state index in [4.69, 9.17) is 4.74 Å². The number of fused-ring (bicyclic) bond motifs is 5. The fourth-order valence-electron chi connectivity index (χ4n) is 5.24. The maximum Gasteiger partial charge on any atom is 0.119 e. The second-order valence-electron chi connectivity index (χ2n) is 8.59. The standard InChI is InChI=1S/C27H27NOS/c1-2-8-22-21(7-1)25(26-23-9-3-4-10-24(23)30-27(22)26)19-11-13-20(14-12-19)29-18-17-28-15-5-6-16-28/h3-4,8-14H,1-2,5-7,15-18H2. The third-order valence-corrected chi connectivity index (χ3v) is 7.92. The average molecular weight is 414 g/mol. The zero-order valence-electron chi connectivity index (χ0n) is 17.3. The van der Waals surface area contributed by atoms with Crippen LogP contribution < -0.4 is 4.74 Å². The van der Waals surface area contributed by atoms with E-state index in [9.17, 15) is 0 Å². The van der Waals surface area contributed by atoms with Crippen molar-refractivity contribution in [1.29, 1.82) is 0 Å². The van der Waals surface area contributed by atoms with Crippen LogP contribution in [0.3, 0.4) is 0 Å². The Morgan fingerprint density at radius 2 is 1.77 bits per heavy atom. The molecule has 2 aliphatic carbocycles. The Bertz CT molecular complexity index is 1150. The second kappa shape index (κ2) is 7.72.